The van der Waals surface area contributed by atoms with Crippen molar-refractivity contribution in [2.24, 2.45) is 5.92 Å². The summed E-state index contributed by atoms with van der Waals surface area (Å²) in [6.45, 7) is 9.27. The average molecular weight is 469 g/mol. The van der Waals surface area contributed by atoms with Crippen molar-refractivity contribution < 1.29 is 23.8 Å². The third kappa shape index (κ3) is 4.49. The van der Waals surface area contributed by atoms with Crippen molar-refractivity contribution in [1.29, 1.82) is 0 Å². The van der Waals surface area contributed by atoms with Crippen LogP contribution in [0.25, 0.3) is 0 Å². The van der Waals surface area contributed by atoms with E-state index in [1.165, 1.54) is 0 Å². The molecular weight excluding hydrogens is 436 g/mol. The molecule has 3 aliphatic heterocycles. The Morgan fingerprint density at radius 1 is 0.971 bits per heavy atom. The lowest BCUT2D eigenvalue weighted by molar-refractivity contribution is 0.0296. The van der Waals surface area contributed by atoms with Gasteiger partial charge in [0.2, 0.25) is 0 Å². The summed E-state index contributed by atoms with van der Waals surface area (Å²) < 4.78 is 18.6. The van der Waals surface area contributed by atoms with E-state index in [2.05, 4.69) is 13.8 Å². The van der Waals surface area contributed by atoms with Gasteiger partial charge < -0.3 is 24.0 Å². The maximum absolute atomic E-state index is 13.4. The van der Waals surface area contributed by atoms with Crippen molar-refractivity contribution in [2.75, 3.05) is 46.1 Å². The van der Waals surface area contributed by atoms with Gasteiger partial charge in [0.1, 0.15) is 13.2 Å². The fourth-order valence-corrected chi connectivity index (χ4v) is 4.68. The van der Waals surface area contributed by atoms with E-state index >= 15 is 0 Å². The molecule has 1 aromatic heterocycles. The molecule has 2 aromatic rings. The topological polar surface area (TPSA) is 86.1 Å². The number of aryl methyl sites for hydroxylation is 1. The first-order valence-corrected chi connectivity index (χ1v) is 12.2. The van der Waals surface area contributed by atoms with Gasteiger partial charge in [0.25, 0.3) is 11.8 Å². The predicted molar refractivity (Wildman–Crippen MR) is 124 cm³/mol. The molecule has 34 heavy (non-hydrogen) atoms. The standard InChI is InChI=1S/C25H32N4O5/c1-17(2)5-8-29-20-6-7-28(24(30)18-3-4-21-22(15-18)34-14-13-33-21)16-19(20)23(26-29)25(31)27-9-11-32-12-10-27/h3-4,15,17H,5-14,16H2,1-2H3. The van der Waals surface area contributed by atoms with E-state index < -0.39 is 0 Å². The Balaban J connectivity index is 1.41. The van der Waals surface area contributed by atoms with Crippen LogP contribution in [0.4, 0.5) is 0 Å². The molecule has 182 valence electrons. The number of rotatable bonds is 5. The summed E-state index contributed by atoms with van der Waals surface area (Å²) in [5, 5.41) is 4.77. The molecule has 3 aliphatic rings. The van der Waals surface area contributed by atoms with Crippen LogP contribution < -0.4 is 9.47 Å². The number of morpholine rings is 1. The molecule has 1 saturated heterocycles. The summed E-state index contributed by atoms with van der Waals surface area (Å²) in [5.74, 6) is 1.64. The Morgan fingerprint density at radius 2 is 1.74 bits per heavy atom. The fraction of sp³-hybridized carbons (Fsp3) is 0.560. The molecule has 9 heteroatoms. The molecule has 2 amide bonds. The van der Waals surface area contributed by atoms with Crippen molar-refractivity contribution in [1.82, 2.24) is 19.6 Å². The number of fused-ring (bicyclic) bond motifs is 2. The molecule has 0 bridgehead atoms. The highest BCUT2D eigenvalue weighted by atomic mass is 16.6. The van der Waals surface area contributed by atoms with Gasteiger partial charge in [0, 0.05) is 49.4 Å². The molecule has 9 nitrogen and oxygen atoms in total. The van der Waals surface area contributed by atoms with E-state index in [0.29, 0.717) is 87.7 Å². The lowest BCUT2D eigenvalue weighted by Crippen LogP contribution is -2.42. The number of hydrogen-bond acceptors (Lipinski definition) is 6. The van der Waals surface area contributed by atoms with Crippen LogP contribution in [0.3, 0.4) is 0 Å². The highest BCUT2D eigenvalue weighted by molar-refractivity contribution is 5.96. The minimum Gasteiger partial charge on any atom is -0.486 e. The third-order valence-corrected chi connectivity index (χ3v) is 6.63. The first-order valence-electron chi connectivity index (χ1n) is 12.2. The summed E-state index contributed by atoms with van der Waals surface area (Å²) in [6, 6.07) is 5.31. The van der Waals surface area contributed by atoms with Crippen LogP contribution in [0.2, 0.25) is 0 Å². The number of nitrogens with zero attached hydrogens (tertiary/aromatic N) is 4. The largest absolute Gasteiger partial charge is 0.486 e. The lowest BCUT2D eigenvalue weighted by atomic mass is 10.0. The van der Waals surface area contributed by atoms with Gasteiger partial charge in [0.05, 0.1) is 19.8 Å². The van der Waals surface area contributed by atoms with Crippen molar-refractivity contribution in [3.8, 4) is 11.5 Å². The van der Waals surface area contributed by atoms with Crippen LogP contribution in [-0.2, 0) is 24.2 Å². The van der Waals surface area contributed by atoms with Crippen LogP contribution in [0.1, 0.15) is 52.4 Å². The second-order valence-electron chi connectivity index (χ2n) is 9.42. The monoisotopic (exact) mass is 468 g/mol. The summed E-state index contributed by atoms with van der Waals surface area (Å²) in [5.41, 5.74) is 2.97. The average Bonchev–Trinajstić information content (AvgIpc) is 3.24. The zero-order valence-corrected chi connectivity index (χ0v) is 19.9. The summed E-state index contributed by atoms with van der Waals surface area (Å²) >= 11 is 0. The van der Waals surface area contributed by atoms with E-state index in [0.717, 1.165) is 24.2 Å². The van der Waals surface area contributed by atoms with Crippen LogP contribution >= 0.6 is 0 Å². The van der Waals surface area contributed by atoms with Crippen molar-refractivity contribution in [2.45, 2.75) is 39.8 Å². The molecule has 0 unspecified atom stereocenters. The fourth-order valence-electron chi connectivity index (χ4n) is 4.68. The van der Waals surface area contributed by atoms with Crippen molar-refractivity contribution >= 4 is 11.8 Å². The van der Waals surface area contributed by atoms with E-state index in [1.54, 1.807) is 28.0 Å². The molecule has 0 atom stereocenters. The number of carbonyl (C=O) groups is 2. The van der Waals surface area contributed by atoms with E-state index in [-0.39, 0.29) is 11.8 Å². The van der Waals surface area contributed by atoms with Crippen molar-refractivity contribution in [3.63, 3.8) is 0 Å². The molecular formula is C25H32N4O5. The predicted octanol–water partition coefficient (Wildman–Crippen LogP) is 2.37. The molecule has 4 heterocycles. The minimum absolute atomic E-state index is 0.0727. The Morgan fingerprint density at radius 3 is 2.50 bits per heavy atom. The summed E-state index contributed by atoms with van der Waals surface area (Å²) in [6.07, 6.45) is 1.66. The maximum atomic E-state index is 13.4. The van der Waals surface area contributed by atoms with Gasteiger partial charge in [-0.25, -0.2) is 0 Å². The smallest absolute Gasteiger partial charge is 0.274 e. The number of carbonyl (C=O) groups excluding carboxylic acids is 2. The number of ether oxygens (including phenoxy) is 3. The third-order valence-electron chi connectivity index (χ3n) is 6.63. The normalized spacial score (nSPS) is 17.6. The zero-order chi connectivity index (χ0) is 23.7. The molecule has 0 aliphatic carbocycles. The lowest BCUT2D eigenvalue weighted by Gasteiger charge is -2.30. The molecule has 5 rings (SSSR count). The second-order valence-corrected chi connectivity index (χ2v) is 9.42. The van der Waals surface area contributed by atoms with E-state index in [1.807, 2.05) is 4.68 Å². The molecule has 1 fully saturated rings. The first kappa shape index (κ1) is 22.7. The SMILES string of the molecule is CC(C)CCn1nc(C(=O)N2CCOCC2)c2c1CCN(C(=O)c1ccc3c(c1)OCCO3)C2. The second kappa shape index (κ2) is 9.66. The van der Waals surface area contributed by atoms with Crippen LogP contribution in [0, 0.1) is 5.92 Å². The van der Waals surface area contributed by atoms with Gasteiger partial charge in [-0.05, 0) is 30.5 Å². The summed E-state index contributed by atoms with van der Waals surface area (Å²) in [7, 11) is 0. The van der Waals surface area contributed by atoms with Gasteiger partial charge in [-0.3, -0.25) is 14.3 Å². The van der Waals surface area contributed by atoms with Gasteiger partial charge in [0.15, 0.2) is 17.2 Å². The van der Waals surface area contributed by atoms with Gasteiger partial charge in [-0.15, -0.1) is 0 Å². The van der Waals surface area contributed by atoms with E-state index in [9.17, 15) is 9.59 Å². The Bertz CT molecular complexity index is 1070. The van der Waals surface area contributed by atoms with Crippen molar-refractivity contribution in [3.05, 3.63) is 40.7 Å². The maximum Gasteiger partial charge on any atom is 0.274 e. The first-order chi connectivity index (χ1) is 16.5. The molecule has 0 radical (unpaired) electrons. The number of hydrogen-bond donors (Lipinski definition) is 0. The highest BCUT2D eigenvalue weighted by Crippen LogP contribution is 2.32. The zero-order valence-electron chi connectivity index (χ0n) is 19.9. The minimum atomic E-state index is -0.0812. The Kier molecular flexibility index (Phi) is 6.45. The number of benzene rings is 1. The molecule has 0 spiro atoms. The van der Waals surface area contributed by atoms with E-state index in [4.69, 9.17) is 19.3 Å². The van der Waals surface area contributed by atoms with Crippen LogP contribution in [0.15, 0.2) is 18.2 Å². The molecule has 1 aromatic carbocycles. The number of aromatic nitrogens is 2. The van der Waals surface area contributed by atoms with Crippen LogP contribution in [-0.4, -0.2) is 77.5 Å². The highest BCUT2D eigenvalue weighted by Gasteiger charge is 2.33. The van der Waals surface area contributed by atoms with Gasteiger partial charge in [-0.2, -0.15) is 5.10 Å². The Hall–Kier alpha value is -3.07. The molecule has 0 N–H and O–H groups in total. The Labute approximate surface area is 199 Å². The van der Waals surface area contributed by atoms with Gasteiger partial charge in [-0.1, -0.05) is 13.8 Å². The van der Waals surface area contributed by atoms with Gasteiger partial charge >= 0.3 is 0 Å². The van der Waals surface area contributed by atoms with Crippen LogP contribution in [0.5, 0.6) is 11.5 Å². The number of amides is 2. The molecule has 0 saturated carbocycles. The summed E-state index contributed by atoms with van der Waals surface area (Å²) in [4.78, 5) is 30.4. The quantitative estimate of drug-likeness (QED) is 0.670.